The number of benzene rings is 1. The van der Waals surface area contributed by atoms with Crippen LogP contribution in [0.1, 0.15) is 37.2 Å². The maximum Gasteiger partial charge on any atom is 0.115 e. The number of aromatic nitrogens is 1. The van der Waals surface area contributed by atoms with E-state index in [1.165, 1.54) is 0 Å². The number of hydrogen-bond donors (Lipinski definition) is 2. The summed E-state index contributed by atoms with van der Waals surface area (Å²) in [7, 11) is 0. The van der Waals surface area contributed by atoms with E-state index in [4.69, 9.17) is 0 Å². The normalized spacial score (nSPS) is 14.1. The third kappa shape index (κ3) is 3.08. The molecule has 0 amide bonds. The zero-order chi connectivity index (χ0) is 13.0. The fourth-order valence-corrected chi connectivity index (χ4v) is 1.98. The summed E-state index contributed by atoms with van der Waals surface area (Å²) in [6.07, 6.45) is 1.80. The number of nitrogens with one attached hydrogen (secondary N) is 1. The summed E-state index contributed by atoms with van der Waals surface area (Å²) in [6, 6.07) is 13.6. The molecule has 0 fully saturated rings. The van der Waals surface area contributed by atoms with Gasteiger partial charge in [-0.25, -0.2) is 0 Å². The van der Waals surface area contributed by atoms with Gasteiger partial charge < -0.3 is 10.4 Å². The van der Waals surface area contributed by atoms with Crippen LogP contribution in [-0.2, 0) is 0 Å². The van der Waals surface area contributed by atoms with Crippen LogP contribution in [0, 0.1) is 0 Å². The van der Waals surface area contributed by atoms with Crippen LogP contribution in [0.25, 0.3) is 0 Å². The Bertz CT molecular complexity index is 499. The van der Waals surface area contributed by atoms with E-state index < -0.39 is 0 Å². The largest absolute Gasteiger partial charge is 0.508 e. The molecule has 94 valence electrons. The molecule has 1 unspecified atom stereocenters. The molecule has 0 saturated heterocycles. The Morgan fingerprint density at radius 1 is 1.06 bits per heavy atom. The fourth-order valence-electron chi connectivity index (χ4n) is 1.98. The average Bonchev–Trinajstić information content (AvgIpc) is 2.39. The van der Waals surface area contributed by atoms with E-state index in [2.05, 4.69) is 24.1 Å². The van der Waals surface area contributed by atoms with E-state index in [0.29, 0.717) is 5.75 Å². The number of phenols is 1. The number of nitrogens with zero attached hydrogens (tertiary/aromatic N) is 1. The highest BCUT2D eigenvalue weighted by molar-refractivity contribution is 5.29. The molecule has 2 atom stereocenters. The Balaban J connectivity index is 2.05. The maximum atomic E-state index is 9.47. The number of pyridine rings is 1. The van der Waals surface area contributed by atoms with Gasteiger partial charge in [0.05, 0.1) is 5.69 Å². The molecule has 1 aromatic heterocycles. The maximum absolute atomic E-state index is 9.47. The molecule has 2 rings (SSSR count). The van der Waals surface area contributed by atoms with E-state index in [0.717, 1.165) is 11.3 Å². The third-order valence-electron chi connectivity index (χ3n) is 3.00. The predicted molar refractivity (Wildman–Crippen MR) is 72.3 cm³/mol. The molecule has 0 aliphatic rings. The highest BCUT2D eigenvalue weighted by Gasteiger charge is 2.11. The molecule has 1 aromatic carbocycles. The smallest absolute Gasteiger partial charge is 0.115 e. The highest BCUT2D eigenvalue weighted by atomic mass is 16.3. The molecular weight excluding hydrogens is 224 g/mol. The van der Waals surface area contributed by atoms with E-state index in [-0.39, 0.29) is 12.1 Å². The second-order valence-electron chi connectivity index (χ2n) is 4.46. The second kappa shape index (κ2) is 5.65. The van der Waals surface area contributed by atoms with E-state index >= 15 is 0 Å². The van der Waals surface area contributed by atoms with Gasteiger partial charge in [-0.05, 0) is 43.7 Å². The van der Waals surface area contributed by atoms with Crippen molar-refractivity contribution in [2.45, 2.75) is 25.9 Å². The van der Waals surface area contributed by atoms with Crippen molar-refractivity contribution >= 4 is 0 Å². The summed E-state index contributed by atoms with van der Waals surface area (Å²) in [6.45, 7) is 4.16. The topological polar surface area (TPSA) is 45.2 Å². The van der Waals surface area contributed by atoms with Gasteiger partial charge in [0.2, 0.25) is 0 Å². The highest BCUT2D eigenvalue weighted by Crippen LogP contribution is 2.20. The Labute approximate surface area is 108 Å². The SMILES string of the molecule is CC(N[C@@H](C)c1ccccn1)c1cccc(O)c1. The van der Waals surface area contributed by atoms with E-state index in [1.807, 2.05) is 30.3 Å². The van der Waals surface area contributed by atoms with Crippen LogP contribution < -0.4 is 5.32 Å². The van der Waals surface area contributed by atoms with Gasteiger partial charge in [0, 0.05) is 18.3 Å². The van der Waals surface area contributed by atoms with Crippen LogP contribution in [0.2, 0.25) is 0 Å². The van der Waals surface area contributed by atoms with Gasteiger partial charge in [0.1, 0.15) is 5.75 Å². The van der Waals surface area contributed by atoms with Crippen LogP contribution in [0.15, 0.2) is 48.7 Å². The van der Waals surface area contributed by atoms with Crippen molar-refractivity contribution in [2.75, 3.05) is 0 Å². The Hall–Kier alpha value is -1.87. The standard InChI is InChI=1S/C15H18N2O/c1-11(13-6-5-7-14(18)10-13)17-12(2)15-8-3-4-9-16-15/h3-12,17-18H,1-2H3/t11?,12-/m0/s1. The molecule has 0 aliphatic carbocycles. The molecule has 3 heteroatoms. The van der Waals surface area contributed by atoms with Crippen LogP contribution in [0.5, 0.6) is 5.75 Å². The zero-order valence-corrected chi connectivity index (χ0v) is 10.7. The lowest BCUT2D eigenvalue weighted by molar-refractivity contribution is 0.464. The summed E-state index contributed by atoms with van der Waals surface area (Å²) in [4.78, 5) is 4.33. The first-order chi connectivity index (χ1) is 8.66. The number of rotatable bonds is 4. The zero-order valence-electron chi connectivity index (χ0n) is 10.7. The molecular formula is C15H18N2O. The Morgan fingerprint density at radius 3 is 2.56 bits per heavy atom. The van der Waals surface area contributed by atoms with Gasteiger partial charge in [-0.1, -0.05) is 18.2 Å². The van der Waals surface area contributed by atoms with Crippen LogP contribution in [0.4, 0.5) is 0 Å². The van der Waals surface area contributed by atoms with Crippen LogP contribution in [-0.4, -0.2) is 10.1 Å². The van der Waals surface area contributed by atoms with Crippen molar-refractivity contribution < 1.29 is 5.11 Å². The molecule has 0 radical (unpaired) electrons. The molecule has 0 bridgehead atoms. The summed E-state index contributed by atoms with van der Waals surface area (Å²) in [5, 5.41) is 12.9. The van der Waals surface area contributed by atoms with E-state index in [9.17, 15) is 5.11 Å². The predicted octanol–water partition coefficient (Wildman–Crippen LogP) is 3.20. The molecule has 0 spiro atoms. The van der Waals surface area contributed by atoms with E-state index in [1.54, 1.807) is 18.3 Å². The summed E-state index contributed by atoms with van der Waals surface area (Å²) in [5.74, 6) is 0.298. The van der Waals surface area contributed by atoms with Crippen LogP contribution >= 0.6 is 0 Å². The third-order valence-corrected chi connectivity index (χ3v) is 3.00. The minimum atomic E-state index is 0.161. The van der Waals surface area contributed by atoms with Gasteiger partial charge in [-0.2, -0.15) is 0 Å². The first kappa shape index (κ1) is 12.6. The quantitative estimate of drug-likeness (QED) is 0.865. The monoisotopic (exact) mass is 242 g/mol. The summed E-state index contributed by atoms with van der Waals surface area (Å²) in [5.41, 5.74) is 2.09. The van der Waals surface area contributed by atoms with Crippen molar-refractivity contribution in [3.63, 3.8) is 0 Å². The fraction of sp³-hybridized carbons (Fsp3) is 0.267. The molecule has 2 aromatic rings. The van der Waals surface area contributed by atoms with Crippen LogP contribution in [0.3, 0.4) is 0 Å². The molecule has 0 saturated carbocycles. The van der Waals surface area contributed by atoms with Crippen molar-refractivity contribution in [1.29, 1.82) is 0 Å². The van der Waals surface area contributed by atoms with Crippen molar-refractivity contribution in [2.24, 2.45) is 0 Å². The lowest BCUT2D eigenvalue weighted by Gasteiger charge is -2.20. The first-order valence-corrected chi connectivity index (χ1v) is 6.12. The van der Waals surface area contributed by atoms with Crippen molar-refractivity contribution in [1.82, 2.24) is 10.3 Å². The molecule has 3 nitrogen and oxygen atoms in total. The van der Waals surface area contributed by atoms with Gasteiger partial charge in [0.25, 0.3) is 0 Å². The lowest BCUT2D eigenvalue weighted by atomic mass is 10.1. The average molecular weight is 242 g/mol. The molecule has 1 heterocycles. The summed E-state index contributed by atoms with van der Waals surface area (Å²) >= 11 is 0. The molecule has 0 aliphatic heterocycles. The van der Waals surface area contributed by atoms with Gasteiger partial charge >= 0.3 is 0 Å². The van der Waals surface area contributed by atoms with Crippen molar-refractivity contribution in [3.05, 3.63) is 59.9 Å². The Morgan fingerprint density at radius 2 is 1.89 bits per heavy atom. The van der Waals surface area contributed by atoms with Gasteiger partial charge in [-0.3, -0.25) is 4.98 Å². The number of phenolic OH excluding ortho intramolecular Hbond substituents is 1. The number of hydrogen-bond acceptors (Lipinski definition) is 3. The first-order valence-electron chi connectivity index (χ1n) is 6.12. The number of aromatic hydroxyl groups is 1. The van der Waals surface area contributed by atoms with Crippen molar-refractivity contribution in [3.8, 4) is 5.75 Å². The molecule has 2 N–H and O–H groups in total. The Kier molecular flexibility index (Phi) is 3.95. The lowest BCUT2D eigenvalue weighted by Crippen LogP contribution is -2.23. The minimum Gasteiger partial charge on any atom is -0.508 e. The van der Waals surface area contributed by atoms with Gasteiger partial charge in [-0.15, -0.1) is 0 Å². The van der Waals surface area contributed by atoms with Gasteiger partial charge in [0.15, 0.2) is 0 Å². The second-order valence-corrected chi connectivity index (χ2v) is 4.46. The minimum absolute atomic E-state index is 0.161. The summed E-state index contributed by atoms with van der Waals surface area (Å²) < 4.78 is 0. The molecule has 18 heavy (non-hydrogen) atoms.